The van der Waals surface area contributed by atoms with Gasteiger partial charge in [-0.3, -0.25) is 4.79 Å². The summed E-state index contributed by atoms with van der Waals surface area (Å²) in [6, 6.07) is 7.93. The highest BCUT2D eigenvalue weighted by atomic mass is 35.5. The number of likely N-dealkylation sites (tertiary alicyclic amines) is 1. The molecule has 1 aromatic carbocycles. The van der Waals surface area contributed by atoms with Gasteiger partial charge < -0.3 is 9.88 Å². The average molecular weight is 304 g/mol. The smallest absolute Gasteiger partial charge is 0.289 e. The van der Waals surface area contributed by atoms with E-state index in [4.69, 9.17) is 11.6 Å². The van der Waals surface area contributed by atoms with Crippen molar-refractivity contribution < 1.29 is 4.79 Å². The molecule has 1 N–H and O–H groups in total. The molecule has 2 aromatic rings. The number of hydrogen-bond acceptors (Lipinski definition) is 2. The SMILES string of the molecule is Cc1cnc(C(=O)N2CCC[C@H](c3ccc(Cl)cc3)C2)[nH]1. The van der Waals surface area contributed by atoms with Crippen LogP contribution < -0.4 is 0 Å². The third kappa shape index (κ3) is 3.10. The summed E-state index contributed by atoms with van der Waals surface area (Å²) in [5.74, 6) is 0.794. The van der Waals surface area contributed by atoms with Crippen LogP contribution in [0.4, 0.5) is 0 Å². The lowest BCUT2D eigenvalue weighted by molar-refractivity contribution is 0.0695. The number of aromatic amines is 1. The predicted molar refractivity (Wildman–Crippen MR) is 82.7 cm³/mol. The number of piperidine rings is 1. The lowest BCUT2D eigenvalue weighted by Crippen LogP contribution is -2.39. The van der Waals surface area contributed by atoms with E-state index in [-0.39, 0.29) is 5.91 Å². The number of nitrogens with zero attached hydrogens (tertiary/aromatic N) is 2. The molecule has 0 bridgehead atoms. The molecule has 0 aliphatic carbocycles. The molecule has 4 nitrogen and oxygen atoms in total. The molecule has 1 aliphatic heterocycles. The Morgan fingerprint density at radius 3 is 2.81 bits per heavy atom. The van der Waals surface area contributed by atoms with Gasteiger partial charge in [-0.05, 0) is 37.5 Å². The van der Waals surface area contributed by atoms with Crippen LogP contribution in [0.5, 0.6) is 0 Å². The number of nitrogens with one attached hydrogen (secondary N) is 1. The average Bonchev–Trinajstić information content (AvgIpc) is 2.94. The number of hydrogen-bond donors (Lipinski definition) is 1. The van der Waals surface area contributed by atoms with E-state index in [1.807, 2.05) is 24.0 Å². The first-order chi connectivity index (χ1) is 10.1. The van der Waals surface area contributed by atoms with E-state index in [9.17, 15) is 4.79 Å². The second-order valence-corrected chi connectivity index (χ2v) is 5.99. The Bertz CT molecular complexity index is 635. The quantitative estimate of drug-likeness (QED) is 0.924. The summed E-state index contributed by atoms with van der Waals surface area (Å²) in [7, 11) is 0. The number of aromatic nitrogens is 2. The molecule has 0 radical (unpaired) electrons. The number of halogens is 1. The van der Waals surface area contributed by atoms with Crippen LogP contribution in [0.25, 0.3) is 0 Å². The van der Waals surface area contributed by atoms with E-state index >= 15 is 0 Å². The second kappa shape index (κ2) is 5.90. The fraction of sp³-hybridized carbons (Fsp3) is 0.375. The summed E-state index contributed by atoms with van der Waals surface area (Å²) in [6.45, 7) is 3.43. The van der Waals surface area contributed by atoms with Gasteiger partial charge in [-0.2, -0.15) is 0 Å². The summed E-state index contributed by atoms with van der Waals surface area (Å²) in [5, 5.41) is 0.744. The number of carbonyl (C=O) groups excluding carboxylic acids is 1. The van der Waals surface area contributed by atoms with E-state index in [2.05, 4.69) is 22.1 Å². The van der Waals surface area contributed by atoms with Crippen LogP contribution in [0.15, 0.2) is 30.5 Å². The van der Waals surface area contributed by atoms with Crippen LogP contribution in [0, 0.1) is 6.92 Å². The third-order valence-corrected chi connectivity index (χ3v) is 4.21. The molecule has 5 heteroatoms. The molecular formula is C16H18ClN3O. The van der Waals surface area contributed by atoms with Gasteiger partial charge in [0.15, 0.2) is 5.82 Å². The molecule has 110 valence electrons. The minimum atomic E-state index is -0.0123. The maximum atomic E-state index is 12.5. The van der Waals surface area contributed by atoms with Gasteiger partial charge in [-0.25, -0.2) is 4.98 Å². The highest BCUT2D eigenvalue weighted by Crippen LogP contribution is 2.28. The van der Waals surface area contributed by atoms with E-state index in [1.54, 1.807) is 6.20 Å². The normalized spacial score (nSPS) is 18.8. The van der Waals surface area contributed by atoms with E-state index in [0.29, 0.717) is 11.7 Å². The summed E-state index contributed by atoms with van der Waals surface area (Å²) in [4.78, 5) is 21.5. The Morgan fingerprint density at radius 2 is 2.14 bits per heavy atom. The molecule has 3 rings (SSSR count). The number of rotatable bonds is 2. The Hall–Kier alpha value is -1.81. The monoisotopic (exact) mass is 303 g/mol. The van der Waals surface area contributed by atoms with Gasteiger partial charge in [0.25, 0.3) is 5.91 Å². The molecule has 1 atom stereocenters. The first kappa shape index (κ1) is 14.1. The van der Waals surface area contributed by atoms with Crippen LogP contribution in [-0.2, 0) is 0 Å². The van der Waals surface area contributed by atoms with Crippen molar-refractivity contribution in [1.29, 1.82) is 0 Å². The van der Waals surface area contributed by atoms with Gasteiger partial charge in [0.1, 0.15) is 0 Å². The van der Waals surface area contributed by atoms with Gasteiger partial charge in [0, 0.05) is 35.9 Å². The zero-order chi connectivity index (χ0) is 14.8. The maximum absolute atomic E-state index is 12.5. The van der Waals surface area contributed by atoms with Crippen molar-refractivity contribution in [1.82, 2.24) is 14.9 Å². The highest BCUT2D eigenvalue weighted by molar-refractivity contribution is 6.30. The minimum absolute atomic E-state index is 0.0123. The van der Waals surface area contributed by atoms with Crippen LogP contribution in [-0.4, -0.2) is 33.9 Å². The van der Waals surface area contributed by atoms with Crippen molar-refractivity contribution in [2.24, 2.45) is 0 Å². The molecule has 1 aromatic heterocycles. The minimum Gasteiger partial charge on any atom is -0.338 e. The molecule has 1 saturated heterocycles. The third-order valence-electron chi connectivity index (χ3n) is 3.96. The topological polar surface area (TPSA) is 49.0 Å². The van der Waals surface area contributed by atoms with Gasteiger partial charge in [-0.15, -0.1) is 0 Å². The number of carbonyl (C=O) groups is 1. The van der Waals surface area contributed by atoms with Crippen LogP contribution in [0.1, 0.15) is 40.6 Å². The lowest BCUT2D eigenvalue weighted by atomic mass is 9.90. The molecule has 1 amide bonds. The molecule has 1 aliphatic rings. The molecule has 1 fully saturated rings. The van der Waals surface area contributed by atoms with Crippen molar-refractivity contribution in [3.8, 4) is 0 Å². The second-order valence-electron chi connectivity index (χ2n) is 5.56. The van der Waals surface area contributed by atoms with Crippen molar-refractivity contribution >= 4 is 17.5 Å². The predicted octanol–water partition coefficient (Wildman–Crippen LogP) is 3.39. The Labute approximate surface area is 129 Å². The van der Waals surface area contributed by atoms with E-state index in [1.165, 1.54) is 5.56 Å². The molecule has 2 heterocycles. The number of aryl methyl sites for hydroxylation is 1. The van der Waals surface area contributed by atoms with Crippen molar-refractivity contribution in [2.45, 2.75) is 25.7 Å². The lowest BCUT2D eigenvalue weighted by Gasteiger charge is -2.32. The van der Waals surface area contributed by atoms with Gasteiger partial charge in [0.05, 0.1) is 0 Å². The molecule has 0 saturated carbocycles. The van der Waals surface area contributed by atoms with Crippen LogP contribution in [0.3, 0.4) is 0 Å². The standard InChI is InChI=1S/C16H18ClN3O/c1-11-9-18-15(19-11)16(21)20-8-2-3-13(10-20)12-4-6-14(17)7-5-12/h4-7,9,13H,2-3,8,10H2,1H3,(H,18,19)/t13-/m0/s1. The number of amides is 1. The molecule has 21 heavy (non-hydrogen) atoms. The summed E-state index contributed by atoms with van der Waals surface area (Å²) in [5.41, 5.74) is 2.15. The maximum Gasteiger partial charge on any atom is 0.289 e. The summed E-state index contributed by atoms with van der Waals surface area (Å²) < 4.78 is 0. The van der Waals surface area contributed by atoms with Gasteiger partial charge in [0.2, 0.25) is 0 Å². The zero-order valence-electron chi connectivity index (χ0n) is 12.0. The number of H-pyrrole nitrogens is 1. The molecule has 0 unspecified atom stereocenters. The molecular weight excluding hydrogens is 286 g/mol. The van der Waals surface area contributed by atoms with Crippen LogP contribution in [0.2, 0.25) is 5.02 Å². The van der Waals surface area contributed by atoms with Crippen molar-refractivity contribution in [3.63, 3.8) is 0 Å². The number of benzene rings is 1. The largest absolute Gasteiger partial charge is 0.338 e. The van der Waals surface area contributed by atoms with Crippen molar-refractivity contribution in [3.05, 3.63) is 52.6 Å². The summed E-state index contributed by atoms with van der Waals surface area (Å²) >= 11 is 5.94. The van der Waals surface area contributed by atoms with E-state index in [0.717, 1.165) is 36.6 Å². The zero-order valence-corrected chi connectivity index (χ0v) is 12.7. The first-order valence-corrected chi connectivity index (χ1v) is 7.57. The Kier molecular flexibility index (Phi) is 3.97. The Balaban J connectivity index is 1.73. The molecule has 0 spiro atoms. The fourth-order valence-corrected chi connectivity index (χ4v) is 2.97. The van der Waals surface area contributed by atoms with Gasteiger partial charge >= 0.3 is 0 Å². The Morgan fingerprint density at radius 1 is 1.38 bits per heavy atom. The highest BCUT2D eigenvalue weighted by Gasteiger charge is 2.26. The van der Waals surface area contributed by atoms with Crippen LogP contribution >= 0.6 is 11.6 Å². The number of imidazole rings is 1. The first-order valence-electron chi connectivity index (χ1n) is 7.20. The van der Waals surface area contributed by atoms with Crippen molar-refractivity contribution in [2.75, 3.05) is 13.1 Å². The van der Waals surface area contributed by atoms with Gasteiger partial charge in [-0.1, -0.05) is 23.7 Å². The summed E-state index contributed by atoms with van der Waals surface area (Å²) in [6.07, 6.45) is 3.80. The fourth-order valence-electron chi connectivity index (χ4n) is 2.84. The van der Waals surface area contributed by atoms with E-state index < -0.39 is 0 Å².